The van der Waals surface area contributed by atoms with Crippen molar-refractivity contribution in [2.75, 3.05) is 18.0 Å². The monoisotopic (exact) mass is 296 g/mol. The van der Waals surface area contributed by atoms with E-state index in [9.17, 15) is 4.79 Å². The van der Waals surface area contributed by atoms with Crippen molar-refractivity contribution in [1.29, 1.82) is 0 Å². The minimum absolute atomic E-state index is 0.158. The Morgan fingerprint density at radius 1 is 1.18 bits per heavy atom. The van der Waals surface area contributed by atoms with E-state index in [2.05, 4.69) is 20.2 Å². The van der Waals surface area contributed by atoms with Crippen molar-refractivity contribution >= 4 is 11.7 Å². The third kappa shape index (κ3) is 3.42. The molecule has 5 heteroatoms. The van der Waals surface area contributed by atoms with Crippen LogP contribution in [-0.2, 0) is 6.54 Å². The number of rotatable bonds is 4. The highest BCUT2D eigenvalue weighted by molar-refractivity contribution is 5.92. The second-order valence-corrected chi connectivity index (χ2v) is 5.52. The van der Waals surface area contributed by atoms with Gasteiger partial charge < -0.3 is 10.2 Å². The fourth-order valence-corrected chi connectivity index (χ4v) is 2.65. The molecule has 1 aliphatic rings. The maximum Gasteiger partial charge on any atom is 0.270 e. The highest BCUT2D eigenvalue weighted by Gasteiger charge is 2.17. The molecule has 0 saturated carbocycles. The first-order valence-electron chi connectivity index (χ1n) is 7.65. The van der Waals surface area contributed by atoms with Crippen LogP contribution in [-0.4, -0.2) is 29.0 Å². The second-order valence-electron chi connectivity index (χ2n) is 5.52. The molecule has 3 rings (SSSR count). The van der Waals surface area contributed by atoms with Gasteiger partial charge in [-0.15, -0.1) is 0 Å². The Kier molecular flexibility index (Phi) is 4.32. The number of anilines is 1. The number of hydrogen-bond donors (Lipinski definition) is 1. The number of aryl methyl sites for hydroxylation is 1. The van der Waals surface area contributed by atoms with Crippen LogP contribution in [0.3, 0.4) is 0 Å². The van der Waals surface area contributed by atoms with Crippen LogP contribution in [0.25, 0.3) is 0 Å². The molecule has 1 aromatic carbocycles. The van der Waals surface area contributed by atoms with Gasteiger partial charge in [-0.3, -0.25) is 4.79 Å². The van der Waals surface area contributed by atoms with E-state index in [1.165, 1.54) is 12.8 Å². The zero-order valence-electron chi connectivity index (χ0n) is 12.7. The second kappa shape index (κ2) is 6.56. The molecule has 5 nitrogen and oxygen atoms in total. The average molecular weight is 296 g/mol. The molecular formula is C17H20N4O. The van der Waals surface area contributed by atoms with Crippen LogP contribution in [0.4, 0.5) is 5.82 Å². The molecule has 2 aromatic rings. The van der Waals surface area contributed by atoms with Crippen molar-refractivity contribution in [3.05, 3.63) is 53.5 Å². The minimum atomic E-state index is -0.158. The maximum atomic E-state index is 12.3. The fourth-order valence-electron chi connectivity index (χ4n) is 2.65. The first-order chi connectivity index (χ1) is 10.7. The molecule has 0 bridgehead atoms. The normalized spacial score (nSPS) is 14.1. The van der Waals surface area contributed by atoms with Gasteiger partial charge in [0.2, 0.25) is 0 Å². The molecule has 0 radical (unpaired) electrons. The maximum absolute atomic E-state index is 12.3. The molecule has 0 aliphatic carbocycles. The molecule has 1 N–H and O–H groups in total. The molecular weight excluding hydrogens is 276 g/mol. The number of nitrogens with one attached hydrogen (secondary N) is 1. The Morgan fingerprint density at radius 2 is 1.91 bits per heavy atom. The number of benzene rings is 1. The van der Waals surface area contributed by atoms with Crippen molar-refractivity contribution in [1.82, 2.24) is 15.3 Å². The molecule has 114 valence electrons. The SMILES string of the molecule is Cc1nc(C(=O)NCc2ccccc2)cc(N2CCCC2)n1. The molecule has 1 saturated heterocycles. The van der Waals surface area contributed by atoms with E-state index in [0.29, 0.717) is 18.1 Å². The average Bonchev–Trinajstić information content (AvgIpc) is 3.07. The van der Waals surface area contributed by atoms with Crippen molar-refractivity contribution < 1.29 is 4.79 Å². The highest BCUT2D eigenvalue weighted by atomic mass is 16.1. The fraction of sp³-hybridized carbons (Fsp3) is 0.353. The predicted octanol–water partition coefficient (Wildman–Crippen LogP) is 2.32. The first kappa shape index (κ1) is 14.5. The van der Waals surface area contributed by atoms with Gasteiger partial charge in [0.1, 0.15) is 17.3 Å². The quantitative estimate of drug-likeness (QED) is 0.940. The number of aromatic nitrogens is 2. The summed E-state index contributed by atoms with van der Waals surface area (Å²) in [4.78, 5) is 23.2. The Balaban J connectivity index is 1.71. The third-order valence-electron chi connectivity index (χ3n) is 3.78. The van der Waals surface area contributed by atoms with Gasteiger partial charge in [0, 0.05) is 25.7 Å². The Hall–Kier alpha value is -2.43. The third-order valence-corrected chi connectivity index (χ3v) is 3.78. The standard InChI is InChI=1S/C17H20N4O/c1-13-19-15(11-16(20-13)21-9-5-6-10-21)17(22)18-12-14-7-3-2-4-8-14/h2-4,7-8,11H,5-6,9-10,12H2,1H3,(H,18,22). The summed E-state index contributed by atoms with van der Waals surface area (Å²) in [6.07, 6.45) is 2.36. The lowest BCUT2D eigenvalue weighted by Gasteiger charge is -2.17. The molecule has 1 aromatic heterocycles. The molecule has 2 heterocycles. The van der Waals surface area contributed by atoms with E-state index in [-0.39, 0.29) is 5.91 Å². The van der Waals surface area contributed by atoms with Crippen molar-refractivity contribution in [3.63, 3.8) is 0 Å². The largest absolute Gasteiger partial charge is 0.356 e. The van der Waals surface area contributed by atoms with E-state index in [4.69, 9.17) is 0 Å². The minimum Gasteiger partial charge on any atom is -0.356 e. The summed E-state index contributed by atoms with van der Waals surface area (Å²) < 4.78 is 0. The van der Waals surface area contributed by atoms with Gasteiger partial charge >= 0.3 is 0 Å². The summed E-state index contributed by atoms with van der Waals surface area (Å²) in [6.45, 7) is 4.33. The molecule has 0 unspecified atom stereocenters. The predicted molar refractivity (Wildman–Crippen MR) is 85.8 cm³/mol. The van der Waals surface area contributed by atoms with Gasteiger partial charge in [-0.1, -0.05) is 30.3 Å². The topological polar surface area (TPSA) is 58.1 Å². The van der Waals surface area contributed by atoms with Crippen LogP contribution >= 0.6 is 0 Å². The lowest BCUT2D eigenvalue weighted by atomic mass is 10.2. The molecule has 1 amide bonds. The van der Waals surface area contributed by atoms with Gasteiger partial charge in [0.05, 0.1) is 0 Å². The summed E-state index contributed by atoms with van der Waals surface area (Å²) in [7, 11) is 0. The van der Waals surface area contributed by atoms with Crippen LogP contribution in [0.15, 0.2) is 36.4 Å². The summed E-state index contributed by atoms with van der Waals surface area (Å²) in [5, 5.41) is 2.91. The van der Waals surface area contributed by atoms with E-state index >= 15 is 0 Å². The first-order valence-corrected chi connectivity index (χ1v) is 7.65. The molecule has 0 atom stereocenters. The summed E-state index contributed by atoms with van der Waals surface area (Å²) in [6, 6.07) is 11.6. The zero-order chi connectivity index (χ0) is 15.4. The van der Waals surface area contributed by atoms with E-state index in [1.54, 1.807) is 6.07 Å². The molecule has 1 fully saturated rings. The molecule has 1 aliphatic heterocycles. The van der Waals surface area contributed by atoms with Gasteiger partial charge in [0.15, 0.2) is 0 Å². The van der Waals surface area contributed by atoms with E-state index < -0.39 is 0 Å². The van der Waals surface area contributed by atoms with Crippen LogP contribution in [0, 0.1) is 6.92 Å². The summed E-state index contributed by atoms with van der Waals surface area (Å²) >= 11 is 0. The van der Waals surface area contributed by atoms with Gasteiger partial charge in [-0.05, 0) is 25.3 Å². The van der Waals surface area contributed by atoms with E-state index in [0.717, 1.165) is 24.5 Å². The van der Waals surface area contributed by atoms with Gasteiger partial charge in [-0.25, -0.2) is 9.97 Å². The highest BCUT2D eigenvalue weighted by Crippen LogP contribution is 2.18. The van der Waals surface area contributed by atoms with Gasteiger partial charge in [-0.2, -0.15) is 0 Å². The number of nitrogens with zero attached hydrogens (tertiary/aromatic N) is 3. The number of amides is 1. The Morgan fingerprint density at radius 3 is 2.64 bits per heavy atom. The molecule has 22 heavy (non-hydrogen) atoms. The molecule has 0 spiro atoms. The van der Waals surface area contributed by atoms with Crippen molar-refractivity contribution in [2.45, 2.75) is 26.3 Å². The Labute approximate surface area is 130 Å². The number of carbonyl (C=O) groups is 1. The smallest absolute Gasteiger partial charge is 0.270 e. The van der Waals surface area contributed by atoms with E-state index in [1.807, 2.05) is 37.3 Å². The lowest BCUT2D eigenvalue weighted by Crippen LogP contribution is -2.26. The number of hydrogen-bond acceptors (Lipinski definition) is 4. The number of carbonyl (C=O) groups excluding carboxylic acids is 1. The summed E-state index contributed by atoms with van der Waals surface area (Å²) in [5.74, 6) is 1.33. The lowest BCUT2D eigenvalue weighted by molar-refractivity contribution is 0.0945. The van der Waals surface area contributed by atoms with Crippen molar-refractivity contribution in [3.8, 4) is 0 Å². The zero-order valence-corrected chi connectivity index (χ0v) is 12.7. The van der Waals surface area contributed by atoms with Crippen molar-refractivity contribution in [2.24, 2.45) is 0 Å². The van der Waals surface area contributed by atoms with Crippen LogP contribution < -0.4 is 10.2 Å². The summed E-state index contributed by atoms with van der Waals surface area (Å²) in [5.41, 5.74) is 1.51. The van der Waals surface area contributed by atoms with Crippen LogP contribution in [0.1, 0.15) is 34.7 Å². The van der Waals surface area contributed by atoms with Crippen LogP contribution in [0.5, 0.6) is 0 Å². The van der Waals surface area contributed by atoms with Gasteiger partial charge in [0.25, 0.3) is 5.91 Å². The Bertz CT molecular complexity index is 651. The van der Waals surface area contributed by atoms with Crippen LogP contribution in [0.2, 0.25) is 0 Å².